The average Bonchev–Trinajstić information content (AvgIpc) is 3.38. The van der Waals surface area contributed by atoms with Gasteiger partial charge in [-0.1, -0.05) is 12.1 Å². The molecule has 2 fully saturated rings. The first-order valence-corrected chi connectivity index (χ1v) is 10.8. The molecule has 0 bridgehead atoms. The van der Waals surface area contributed by atoms with E-state index >= 15 is 0 Å². The molecule has 31 heavy (non-hydrogen) atoms. The Kier molecular flexibility index (Phi) is 5.19. The SMILES string of the molecule is O=C1CCC(N2Cc3ccc(CNc4cnn(C5CCCNC5)c4)cc3C2=O)C(=O)N1. The van der Waals surface area contributed by atoms with E-state index in [9.17, 15) is 14.4 Å². The molecule has 9 nitrogen and oxygen atoms in total. The summed E-state index contributed by atoms with van der Waals surface area (Å²) in [4.78, 5) is 38.1. The Morgan fingerprint density at radius 3 is 2.90 bits per heavy atom. The van der Waals surface area contributed by atoms with Gasteiger partial charge in [0.1, 0.15) is 6.04 Å². The highest BCUT2D eigenvalue weighted by molar-refractivity contribution is 6.05. The smallest absolute Gasteiger partial charge is 0.255 e. The van der Waals surface area contributed by atoms with Gasteiger partial charge in [0.2, 0.25) is 11.8 Å². The molecule has 3 aliphatic rings. The Morgan fingerprint density at radius 1 is 1.19 bits per heavy atom. The number of nitrogens with one attached hydrogen (secondary N) is 3. The van der Waals surface area contributed by atoms with Crippen LogP contribution < -0.4 is 16.0 Å². The standard InChI is InChI=1S/C22H26N6O3/c29-20-6-5-19(21(30)26-20)27-12-15-4-3-14(8-18(15)22(27)31)9-24-16-10-25-28(13-16)17-2-1-7-23-11-17/h3-4,8,10,13,17,19,23-24H,1-2,5-7,9,11-12H2,(H,26,29,30). The lowest BCUT2D eigenvalue weighted by Crippen LogP contribution is -2.52. The molecule has 3 aliphatic heterocycles. The van der Waals surface area contributed by atoms with Gasteiger partial charge in [0.15, 0.2) is 0 Å². The van der Waals surface area contributed by atoms with E-state index in [2.05, 4.69) is 21.0 Å². The summed E-state index contributed by atoms with van der Waals surface area (Å²) in [6, 6.07) is 5.65. The first kappa shape index (κ1) is 19.7. The van der Waals surface area contributed by atoms with Crippen LogP contribution in [0.4, 0.5) is 5.69 Å². The lowest BCUT2D eigenvalue weighted by Gasteiger charge is -2.29. The molecule has 1 aromatic carbocycles. The molecule has 3 N–H and O–H groups in total. The molecule has 2 saturated heterocycles. The zero-order valence-corrected chi connectivity index (χ0v) is 17.3. The Bertz CT molecular complexity index is 1030. The molecular weight excluding hydrogens is 396 g/mol. The molecule has 2 atom stereocenters. The van der Waals surface area contributed by atoms with Crippen molar-refractivity contribution in [1.29, 1.82) is 0 Å². The highest BCUT2D eigenvalue weighted by atomic mass is 16.2. The van der Waals surface area contributed by atoms with Gasteiger partial charge in [-0.05, 0) is 43.0 Å². The molecule has 0 saturated carbocycles. The van der Waals surface area contributed by atoms with Crippen molar-refractivity contribution in [3.63, 3.8) is 0 Å². The molecule has 4 heterocycles. The number of hydrogen-bond acceptors (Lipinski definition) is 6. The Balaban J connectivity index is 1.23. The molecule has 2 unspecified atom stereocenters. The van der Waals surface area contributed by atoms with Gasteiger partial charge in [-0.15, -0.1) is 0 Å². The maximum absolute atomic E-state index is 12.9. The normalized spacial score (nSPS) is 23.6. The van der Waals surface area contributed by atoms with Gasteiger partial charge in [0, 0.05) is 37.8 Å². The summed E-state index contributed by atoms with van der Waals surface area (Å²) in [5.41, 5.74) is 3.48. The topological polar surface area (TPSA) is 108 Å². The second kappa shape index (κ2) is 8.14. The fourth-order valence-electron chi connectivity index (χ4n) is 4.60. The van der Waals surface area contributed by atoms with E-state index in [0.717, 1.165) is 42.7 Å². The highest BCUT2D eigenvalue weighted by Gasteiger charge is 2.39. The monoisotopic (exact) mass is 422 g/mol. The van der Waals surface area contributed by atoms with Gasteiger partial charge in [-0.25, -0.2) is 0 Å². The van der Waals surface area contributed by atoms with Crippen molar-refractivity contribution in [2.75, 3.05) is 18.4 Å². The lowest BCUT2D eigenvalue weighted by atomic mass is 10.0. The fourth-order valence-corrected chi connectivity index (χ4v) is 4.60. The van der Waals surface area contributed by atoms with Gasteiger partial charge < -0.3 is 15.5 Å². The van der Waals surface area contributed by atoms with Crippen LogP contribution in [0, 0.1) is 0 Å². The number of amides is 3. The van der Waals surface area contributed by atoms with Gasteiger partial charge >= 0.3 is 0 Å². The molecular formula is C22H26N6O3. The Morgan fingerprint density at radius 2 is 2.10 bits per heavy atom. The molecule has 5 rings (SSSR count). The molecule has 2 aromatic rings. The van der Waals surface area contributed by atoms with Crippen molar-refractivity contribution in [2.24, 2.45) is 0 Å². The number of carbonyl (C=O) groups excluding carboxylic acids is 3. The van der Waals surface area contributed by atoms with Crippen LogP contribution in [0.15, 0.2) is 30.6 Å². The predicted molar refractivity (Wildman–Crippen MR) is 113 cm³/mol. The first-order chi connectivity index (χ1) is 15.1. The van der Waals surface area contributed by atoms with Crippen LogP contribution >= 0.6 is 0 Å². The lowest BCUT2D eigenvalue weighted by molar-refractivity contribution is -0.136. The third-order valence-corrected chi connectivity index (χ3v) is 6.34. The van der Waals surface area contributed by atoms with Gasteiger partial charge in [0.25, 0.3) is 5.91 Å². The van der Waals surface area contributed by atoms with E-state index < -0.39 is 6.04 Å². The van der Waals surface area contributed by atoms with E-state index in [4.69, 9.17) is 0 Å². The van der Waals surface area contributed by atoms with Gasteiger partial charge in [-0.3, -0.25) is 24.4 Å². The number of piperidine rings is 2. The van der Waals surface area contributed by atoms with E-state index in [1.54, 1.807) is 4.90 Å². The number of rotatable bonds is 5. The number of anilines is 1. The van der Waals surface area contributed by atoms with Gasteiger partial charge in [-0.2, -0.15) is 5.10 Å². The summed E-state index contributed by atoms with van der Waals surface area (Å²) < 4.78 is 2.01. The molecule has 3 amide bonds. The van der Waals surface area contributed by atoms with Crippen molar-refractivity contribution in [1.82, 2.24) is 25.3 Å². The highest BCUT2D eigenvalue weighted by Crippen LogP contribution is 2.28. The van der Waals surface area contributed by atoms with Crippen molar-refractivity contribution < 1.29 is 14.4 Å². The molecule has 9 heteroatoms. The van der Waals surface area contributed by atoms with Crippen LogP contribution in [0.3, 0.4) is 0 Å². The van der Waals surface area contributed by atoms with Crippen LogP contribution in [0.2, 0.25) is 0 Å². The second-order valence-corrected chi connectivity index (χ2v) is 8.45. The summed E-state index contributed by atoms with van der Waals surface area (Å²) in [5, 5.41) is 13.6. The summed E-state index contributed by atoms with van der Waals surface area (Å²) >= 11 is 0. The maximum Gasteiger partial charge on any atom is 0.255 e. The van der Waals surface area contributed by atoms with E-state index in [-0.39, 0.29) is 24.1 Å². The van der Waals surface area contributed by atoms with Crippen molar-refractivity contribution in [3.05, 3.63) is 47.3 Å². The van der Waals surface area contributed by atoms with Crippen LogP contribution in [-0.2, 0) is 22.7 Å². The van der Waals surface area contributed by atoms with Crippen molar-refractivity contribution in [3.8, 4) is 0 Å². The molecule has 0 aliphatic carbocycles. The molecule has 0 spiro atoms. The van der Waals surface area contributed by atoms with Crippen LogP contribution in [-0.4, -0.2) is 51.5 Å². The fraction of sp³-hybridized carbons (Fsp3) is 0.455. The van der Waals surface area contributed by atoms with Crippen molar-refractivity contribution in [2.45, 2.75) is 50.9 Å². The molecule has 0 radical (unpaired) electrons. The molecule has 162 valence electrons. The number of hydrogen-bond donors (Lipinski definition) is 3. The van der Waals surface area contributed by atoms with E-state index in [1.165, 1.54) is 0 Å². The quantitative estimate of drug-likeness (QED) is 0.625. The van der Waals surface area contributed by atoms with Gasteiger partial charge in [0.05, 0.1) is 17.9 Å². The summed E-state index contributed by atoms with van der Waals surface area (Å²) in [6.07, 6.45) is 6.78. The average molecular weight is 422 g/mol. The number of carbonyl (C=O) groups is 3. The third-order valence-electron chi connectivity index (χ3n) is 6.34. The Hall–Kier alpha value is -3.20. The summed E-state index contributed by atoms with van der Waals surface area (Å²) in [7, 11) is 0. The van der Waals surface area contributed by atoms with Crippen LogP contribution in [0.1, 0.15) is 53.2 Å². The zero-order chi connectivity index (χ0) is 21.4. The molecule has 1 aromatic heterocycles. The van der Waals surface area contributed by atoms with E-state index in [1.807, 2.05) is 35.3 Å². The second-order valence-electron chi connectivity index (χ2n) is 8.45. The van der Waals surface area contributed by atoms with Crippen molar-refractivity contribution >= 4 is 23.4 Å². The zero-order valence-electron chi connectivity index (χ0n) is 17.3. The minimum absolute atomic E-state index is 0.149. The summed E-state index contributed by atoms with van der Waals surface area (Å²) in [5.74, 6) is -0.810. The third kappa shape index (κ3) is 3.93. The maximum atomic E-state index is 12.9. The number of benzene rings is 1. The number of aromatic nitrogens is 2. The van der Waals surface area contributed by atoms with Crippen LogP contribution in [0.25, 0.3) is 0 Å². The minimum atomic E-state index is -0.584. The number of nitrogens with zero attached hydrogens (tertiary/aromatic N) is 3. The number of fused-ring (bicyclic) bond motifs is 1. The minimum Gasteiger partial charge on any atom is -0.378 e. The first-order valence-electron chi connectivity index (χ1n) is 10.8. The Labute approximate surface area is 180 Å². The van der Waals surface area contributed by atoms with Crippen LogP contribution in [0.5, 0.6) is 0 Å². The predicted octanol–water partition coefficient (Wildman–Crippen LogP) is 1.18. The summed E-state index contributed by atoms with van der Waals surface area (Å²) in [6.45, 7) is 2.99. The largest absolute Gasteiger partial charge is 0.378 e. The van der Waals surface area contributed by atoms with E-state index in [0.29, 0.717) is 31.1 Å². The number of imide groups is 1.